The van der Waals surface area contributed by atoms with Crippen molar-refractivity contribution in [2.45, 2.75) is 0 Å². The molecule has 1 aliphatic heterocycles. The second-order valence-electron chi connectivity index (χ2n) is 5.65. The highest BCUT2D eigenvalue weighted by atomic mass is 16.2. The number of anilines is 2. The van der Waals surface area contributed by atoms with Gasteiger partial charge in [0.15, 0.2) is 5.82 Å². The Morgan fingerprint density at radius 3 is 2.46 bits per heavy atom. The molecular formula is C19H12N4O. The zero-order chi connectivity index (χ0) is 16.1. The molecule has 24 heavy (non-hydrogen) atoms. The van der Waals surface area contributed by atoms with Crippen LogP contribution in [0.1, 0.15) is 10.4 Å². The van der Waals surface area contributed by atoms with E-state index in [2.05, 4.69) is 15.2 Å². The summed E-state index contributed by atoms with van der Waals surface area (Å²) in [4.78, 5) is 19.5. The lowest BCUT2D eigenvalue weighted by Crippen LogP contribution is -2.26. The summed E-state index contributed by atoms with van der Waals surface area (Å²) in [6.45, 7) is 0. The summed E-state index contributed by atoms with van der Waals surface area (Å²) in [5.74, 6) is 0.499. The molecule has 1 N–H and O–H groups in total. The van der Waals surface area contributed by atoms with Crippen molar-refractivity contribution in [3.05, 3.63) is 72.4 Å². The molecule has 0 fully saturated rings. The van der Waals surface area contributed by atoms with Gasteiger partial charge in [0.1, 0.15) is 5.69 Å². The van der Waals surface area contributed by atoms with Crippen LogP contribution in [0.5, 0.6) is 0 Å². The molecule has 0 aliphatic carbocycles. The molecule has 0 radical (unpaired) electrons. The summed E-state index contributed by atoms with van der Waals surface area (Å²) in [6.07, 6.45) is 1.69. The van der Waals surface area contributed by atoms with Gasteiger partial charge in [-0.25, -0.2) is 4.98 Å². The lowest BCUT2D eigenvalue weighted by atomic mass is 10.0. The highest BCUT2D eigenvalue weighted by Crippen LogP contribution is 2.41. The second kappa shape index (κ2) is 4.76. The van der Waals surface area contributed by atoms with Crippen molar-refractivity contribution >= 4 is 28.3 Å². The first-order chi connectivity index (χ1) is 11.8. The first-order valence-electron chi connectivity index (χ1n) is 7.66. The maximum absolute atomic E-state index is 13.3. The fraction of sp³-hybridized carbons (Fsp3) is 0. The van der Waals surface area contributed by atoms with Gasteiger partial charge in [0.25, 0.3) is 5.91 Å². The van der Waals surface area contributed by atoms with Crippen molar-refractivity contribution in [3.8, 4) is 11.3 Å². The van der Waals surface area contributed by atoms with Crippen LogP contribution in [0.15, 0.2) is 66.9 Å². The van der Waals surface area contributed by atoms with E-state index in [0.29, 0.717) is 11.4 Å². The average molecular weight is 312 g/mol. The van der Waals surface area contributed by atoms with Crippen LogP contribution >= 0.6 is 0 Å². The molecule has 5 nitrogen and oxygen atoms in total. The summed E-state index contributed by atoms with van der Waals surface area (Å²) >= 11 is 0. The van der Waals surface area contributed by atoms with Gasteiger partial charge in [-0.3, -0.25) is 14.8 Å². The number of amides is 1. The normalized spacial score (nSPS) is 13.0. The van der Waals surface area contributed by atoms with Gasteiger partial charge in [-0.2, -0.15) is 5.10 Å². The van der Waals surface area contributed by atoms with E-state index in [1.807, 2.05) is 60.7 Å². The number of H-pyrrole nitrogens is 1. The van der Waals surface area contributed by atoms with E-state index in [4.69, 9.17) is 0 Å². The van der Waals surface area contributed by atoms with E-state index in [1.54, 1.807) is 11.1 Å². The maximum atomic E-state index is 13.3. The Balaban J connectivity index is 1.93. The quantitative estimate of drug-likeness (QED) is 0.579. The minimum Gasteiger partial charge on any atom is -0.277 e. The van der Waals surface area contributed by atoms with Crippen LogP contribution in [-0.4, -0.2) is 21.1 Å². The number of aromatic amines is 1. The van der Waals surface area contributed by atoms with Crippen LogP contribution in [-0.2, 0) is 0 Å². The van der Waals surface area contributed by atoms with Crippen LogP contribution in [0.25, 0.3) is 22.2 Å². The molecule has 0 saturated heterocycles. The van der Waals surface area contributed by atoms with E-state index >= 15 is 0 Å². The lowest BCUT2D eigenvalue weighted by Gasteiger charge is -2.21. The van der Waals surface area contributed by atoms with Crippen LogP contribution in [0.4, 0.5) is 11.5 Å². The number of pyridine rings is 1. The molecule has 1 aliphatic rings. The molecule has 5 rings (SSSR count). The van der Waals surface area contributed by atoms with E-state index in [-0.39, 0.29) is 5.91 Å². The fourth-order valence-electron chi connectivity index (χ4n) is 3.22. The highest BCUT2D eigenvalue weighted by Gasteiger charge is 2.31. The molecule has 2 aromatic heterocycles. The zero-order valence-corrected chi connectivity index (χ0v) is 12.6. The van der Waals surface area contributed by atoms with Crippen molar-refractivity contribution < 1.29 is 4.79 Å². The van der Waals surface area contributed by atoms with Gasteiger partial charge in [0.05, 0.1) is 16.6 Å². The molecule has 0 unspecified atom stereocenters. The number of benzene rings is 2. The molecule has 0 saturated carbocycles. The zero-order valence-electron chi connectivity index (χ0n) is 12.6. The van der Waals surface area contributed by atoms with Gasteiger partial charge < -0.3 is 0 Å². The maximum Gasteiger partial charge on any atom is 0.264 e. The summed E-state index contributed by atoms with van der Waals surface area (Å²) in [5.41, 5.74) is 3.84. The predicted molar refractivity (Wildman–Crippen MR) is 92.2 cm³/mol. The first-order valence-corrected chi connectivity index (χ1v) is 7.66. The molecule has 1 amide bonds. The Labute approximate surface area is 137 Å². The summed E-state index contributed by atoms with van der Waals surface area (Å²) in [7, 11) is 0. The van der Waals surface area contributed by atoms with Gasteiger partial charge in [-0.1, -0.05) is 36.4 Å². The largest absolute Gasteiger partial charge is 0.277 e. The number of aromatic nitrogens is 3. The molecule has 3 heterocycles. The third-order valence-corrected chi connectivity index (χ3v) is 4.30. The van der Waals surface area contributed by atoms with Crippen molar-refractivity contribution in [3.63, 3.8) is 0 Å². The number of para-hydroxylation sites is 1. The standard InChI is InChI=1S/C19H12N4O/c24-19-14-9-5-4-8-13(14)17-16-15(21-22-17)10-11-20-18(16)23(19)12-6-2-1-3-7-12/h1-11H,(H,21,22). The SMILES string of the molecule is O=C1c2ccccc2-c2n[nH]c3ccnc(c23)N1c1ccccc1. The number of rotatable bonds is 1. The average Bonchev–Trinajstić information content (AvgIpc) is 3.03. The van der Waals surface area contributed by atoms with Crippen LogP contribution in [0, 0.1) is 0 Å². The molecule has 0 spiro atoms. The first kappa shape index (κ1) is 13.0. The highest BCUT2D eigenvalue weighted by molar-refractivity contribution is 6.21. The van der Waals surface area contributed by atoms with Crippen molar-refractivity contribution in [1.82, 2.24) is 15.2 Å². The smallest absolute Gasteiger partial charge is 0.264 e. The molecule has 0 bridgehead atoms. The van der Waals surface area contributed by atoms with Gasteiger partial charge in [-0.15, -0.1) is 0 Å². The summed E-state index contributed by atoms with van der Waals surface area (Å²) < 4.78 is 0. The van der Waals surface area contributed by atoms with E-state index in [0.717, 1.165) is 27.8 Å². The van der Waals surface area contributed by atoms with Crippen molar-refractivity contribution in [1.29, 1.82) is 0 Å². The minimum atomic E-state index is -0.102. The minimum absolute atomic E-state index is 0.102. The molecule has 4 aromatic rings. The van der Waals surface area contributed by atoms with Crippen LogP contribution < -0.4 is 4.90 Å². The molecule has 2 aromatic carbocycles. The molecule has 114 valence electrons. The number of carbonyl (C=O) groups is 1. The Morgan fingerprint density at radius 1 is 0.875 bits per heavy atom. The number of fused-ring (bicyclic) bond motifs is 2. The van der Waals surface area contributed by atoms with Crippen molar-refractivity contribution in [2.24, 2.45) is 0 Å². The second-order valence-corrected chi connectivity index (χ2v) is 5.65. The number of nitrogens with zero attached hydrogens (tertiary/aromatic N) is 3. The van der Waals surface area contributed by atoms with Crippen LogP contribution in [0.2, 0.25) is 0 Å². The van der Waals surface area contributed by atoms with Gasteiger partial charge >= 0.3 is 0 Å². The summed E-state index contributed by atoms with van der Waals surface area (Å²) in [5, 5.41) is 8.35. The number of carbonyl (C=O) groups excluding carboxylic acids is 1. The van der Waals surface area contributed by atoms with Crippen LogP contribution in [0.3, 0.4) is 0 Å². The Bertz CT molecular complexity index is 1080. The van der Waals surface area contributed by atoms with Gasteiger partial charge in [-0.05, 0) is 24.3 Å². The molecular weight excluding hydrogens is 300 g/mol. The Kier molecular flexibility index (Phi) is 2.58. The monoisotopic (exact) mass is 312 g/mol. The number of hydrogen-bond acceptors (Lipinski definition) is 3. The topological polar surface area (TPSA) is 61.9 Å². The summed E-state index contributed by atoms with van der Waals surface area (Å²) in [6, 6.07) is 19.0. The Hall–Kier alpha value is -3.47. The lowest BCUT2D eigenvalue weighted by molar-refractivity contribution is 0.1000. The van der Waals surface area contributed by atoms with Gasteiger partial charge in [0.2, 0.25) is 0 Å². The van der Waals surface area contributed by atoms with E-state index < -0.39 is 0 Å². The fourth-order valence-corrected chi connectivity index (χ4v) is 3.22. The third-order valence-electron chi connectivity index (χ3n) is 4.30. The predicted octanol–water partition coefficient (Wildman–Crippen LogP) is 3.92. The molecule has 0 atom stereocenters. The third kappa shape index (κ3) is 1.66. The van der Waals surface area contributed by atoms with Gasteiger partial charge in [0, 0.05) is 17.3 Å². The van der Waals surface area contributed by atoms with E-state index in [1.165, 1.54) is 0 Å². The number of nitrogens with one attached hydrogen (secondary N) is 1. The number of hydrogen-bond donors (Lipinski definition) is 1. The molecule has 5 heteroatoms. The van der Waals surface area contributed by atoms with Crippen molar-refractivity contribution in [2.75, 3.05) is 4.90 Å². The Morgan fingerprint density at radius 2 is 1.62 bits per heavy atom. The van der Waals surface area contributed by atoms with E-state index in [9.17, 15) is 4.79 Å².